The molecule has 0 aliphatic carbocycles. The maximum atomic E-state index is 12.1. The van der Waals surface area contributed by atoms with E-state index in [-0.39, 0.29) is 11.7 Å². The van der Waals surface area contributed by atoms with E-state index < -0.39 is 0 Å². The number of nitrogens with two attached hydrogens (primary N) is 1. The molecule has 1 aliphatic rings. The van der Waals surface area contributed by atoms with E-state index in [0.717, 1.165) is 43.4 Å². The third-order valence-corrected chi connectivity index (χ3v) is 4.56. The number of hydrogen-bond donors (Lipinski definition) is 2. The van der Waals surface area contributed by atoms with Gasteiger partial charge in [-0.05, 0) is 31.2 Å². The molecular formula is C17H21N5O2S. The van der Waals surface area contributed by atoms with Crippen LogP contribution in [0.2, 0.25) is 0 Å². The molecule has 1 saturated heterocycles. The number of thioether (sulfide) groups is 1. The Morgan fingerprint density at radius 2 is 2.00 bits per heavy atom. The molecular weight excluding hydrogens is 338 g/mol. The number of benzene rings is 1. The molecule has 25 heavy (non-hydrogen) atoms. The second-order valence-corrected chi connectivity index (χ2v) is 6.64. The summed E-state index contributed by atoms with van der Waals surface area (Å²) in [4.78, 5) is 22.7. The first kappa shape index (κ1) is 17.5. The molecule has 1 aromatic carbocycles. The molecule has 2 heterocycles. The van der Waals surface area contributed by atoms with Crippen molar-refractivity contribution in [1.82, 2.24) is 9.97 Å². The minimum atomic E-state index is -0.104. The van der Waals surface area contributed by atoms with Gasteiger partial charge in [0.15, 0.2) is 5.16 Å². The number of carbonyl (C=O) groups is 1. The van der Waals surface area contributed by atoms with Crippen molar-refractivity contribution in [3.63, 3.8) is 0 Å². The second kappa shape index (κ2) is 8.17. The molecule has 0 saturated carbocycles. The first-order valence-corrected chi connectivity index (χ1v) is 9.05. The number of nitrogen functional groups attached to an aromatic ring is 1. The number of aryl methyl sites for hydroxylation is 1. The molecule has 7 nitrogen and oxygen atoms in total. The summed E-state index contributed by atoms with van der Waals surface area (Å²) in [5.74, 6) is 0.538. The summed E-state index contributed by atoms with van der Waals surface area (Å²) in [6.45, 7) is 5.13. The van der Waals surface area contributed by atoms with Crippen LogP contribution >= 0.6 is 11.8 Å². The molecule has 3 rings (SSSR count). The second-order valence-electron chi connectivity index (χ2n) is 5.70. The summed E-state index contributed by atoms with van der Waals surface area (Å²) < 4.78 is 5.36. The third-order valence-electron chi connectivity index (χ3n) is 3.71. The number of ether oxygens (including phenoxy) is 1. The van der Waals surface area contributed by atoms with E-state index in [2.05, 4.69) is 20.2 Å². The number of nitrogens with one attached hydrogen (secondary N) is 1. The van der Waals surface area contributed by atoms with Crippen LogP contribution in [-0.4, -0.2) is 47.9 Å². The average Bonchev–Trinajstić information content (AvgIpc) is 2.61. The van der Waals surface area contributed by atoms with Gasteiger partial charge in [-0.3, -0.25) is 4.79 Å². The van der Waals surface area contributed by atoms with Gasteiger partial charge in [0, 0.05) is 36.2 Å². The van der Waals surface area contributed by atoms with E-state index in [1.165, 1.54) is 11.8 Å². The van der Waals surface area contributed by atoms with Crippen LogP contribution < -0.4 is 16.0 Å². The summed E-state index contributed by atoms with van der Waals surface area (Å²) in [5.41, 5.74) is 8.38. The Hall–Kier alpha value is -2.32. The molecule has 0 radical (unpaired) electrons. The summed E-state index contributed by atoms with van der Waals surface area (Å²) in [5, 5.41) is 3.39. The zero-order chi connectivity index (χ0) is 17.6. The van der Waals surface area contributed by atoms with Gasteiger partial charge in [-0.1, -0.05) is 11.8 Å². The Morgan fingerprint density at radius 3 is 2.68 bits per heavy atom. The van der Waals surface area contributed by atoms with Crippen molar-refractivity contribution in [1.29, 1.82) is 0 Å². The van der Waals surface area contributed by atoms with Crippen LogP contribution in [-0.2, 0) is 9.53 Å². The average molecular weight is 359 g/mol. The zero-order valence-electron chi connectivity index (χ0n) is 14.1. The molecule has 8 heteroatoms. The Kier molecular flexibility index (Phi) is 5.72. The first-order valence-electron chi connectivity index (χ1n) is 8.07. The molecule has 132 valence electrons. The van der Waals surface area contributed by atoms with Crippen molar-refractivity contribution in [2.24, 2.45) is 0 Å². The number of aromatic nitrogens is 2. The van der Waals surface area contributed by atoms with Crippen LogP contribution in [0.5, 0.6) is 0 Å². The van der Waals surface area contributed by atoms with E-state index >= 15 is 0 Å². The van der Waals surface area contributed by atoms with Crippen LogP contribution in [0.4, 0.5) is 17.2 Å². The Balaban J connectivity index is 1.52. The van der Waals surface area contributed by atoms with Gasteiger partial charge >= 0.3 is 0 Å². The maximum Gasteiger partial charge on any atom is 0.234 e. The summed E-state index contributed by atoms with van der Waals surface area (Å²) in [7, 11) is 0. The van der Waals surface area contributed by atoms with Gasteiger partial charge < -0.3 is 20.7 Å². The largest absolute Gasteiger partial charge is 0.384 e. The molecule has 0 unspecified atom stereocenters. The number of amides is 1. The summed E-state index contributed by atoms with van der Waals surface area (Å²) >= 11 is 1.27. The van der Waals surface area contributed by atoms with Gasteiger partial charge in [-0.25, -0.2) is 9.97 Å². The molecule has 0 spiro atoms. The van der Waals surface area contributed by atoms with Gasteiger partial charge in [-0.2, -0.15) is 0 Å². The summed E-state index contributed by atoms with van der Waals surface area (Å²) in [6.07, 6.45) is 0. The number of anilines is 3. The Morgan fingerprint density at radius 1 is 1.28 bits per heavy atom. The normalized spacial score (nSPS) is 14.4. The quantitative estimate of drug-likeness (QED) is 0.622. The minimum absolute atomic E-state index is 0.104. The maximum absolute atomic E-state index is 12.1. The smallest absolute Gasteiger partial charge is 0.234 e. The van der Waals surface area contributed by atoms with Gasteiger partial charge in [0.1, 0.15) is 5.82 Å². The lowest BCUT2D eigenvalue weighted by Crippen LogP contribution is -2.36. The number of rotatable bonds is 5. The van der Waals surface area contributed by atoms with Gasteiger partial charge in [0.05, 0.1) is 19.0 Å². The van der Waals surface area contributed by atoms with Crippen LogP contribution in [0.3, 0.4) is 0 Å². The van der Waals surface area contributed by atoms with Crippen LogP contribution in [0.1, 0.15) is 5.69 Å². The highest BCUT2D eigenvalue weighted by molar-refractivity contribution is 7.99. The zero-order valence-corrected chi connectivity index (χ0v) is 14.9. The molecule has 0 atom stereocenters. The Bertz CT molecular complexity index is 712. The van der Waals surface area contributed by atoms with Crippen molar-refractivity contribution in [3.05, 3.63) is 36.0 Å². The molecule has 0 bridgehead atoms. The highest BCUT2D eigenvalue weighted by Gasteiger charge is 2.11. The first-order chi connectivity index (χ1) is 12.1. The standard InChI is InChI=1S/C17H21N5O2S/c1-12-10-15(18)21-17(19-12)25-11-16(23)20-13-2-4-14(5-3-13)22-6-8-24-9-7-22/h2-5,10H,6-9,11H2,1H3,(H,20,23)(H2,18,19,21). The van der Waals surface area contributed by atoms with Gasteiger partial charge in [-0.15, -0.1) is 0 Å². The van der Waals surface area contributed by atoms with Crippen molar-refractivity contribution in [2.45, 2.75) is 12.1 Å². The van der Waals surface area contributed by atoms with Crippen molar-refractivity contribution in [2.75, 3.05) is 48.0 Å². The monoisotopic (exact) mass is 359 g/mol. The van der Waals surface area contributed by atoms with Gasteiger partial charge in [0.25, 0.3) is 0 Å². The SMILES string of the molecule is Cc1cc(N)nc(SCC(=O)Nc2ccc(N3CCOCC3)cc2)n1. The molecule has 2 aromatic rings. The lowest BCUT2D eigenvalue weighted by Gasteiger charge is -2.28. The van der Waals surface area contributed by atoms with E-state index in [9.17, 15) is 4.79 Å². The Labute approximate surface area is 151 Å². The van der Waals surface area contributed by atoms with E-state index in [4.69, 9.17) is 10.5 Å². The van der Waals surface area contributed by atoms with Crippen molar-refractivity contribution < 1.29 is 9.53 Å². The topological polar surface area (TPSA) is 93.4 Å². The molecule has 1 aromatic heterocycles. The van der Waals surface area contributed by atoms with E-state index in [1.807, 2.05) is 31.2 Å². The lowest BCUT2D eigenvalue weighted by atomic mass is 10.2. The number of carbonyl (C=O) groups excluding carboxylic acids is 1. The lowest BCUT2D eigenvalue weighted by molar-refractivity contribution is -0.113. The minimum Gasteiger partial charge on any atom is -0.384 e. The highest BCUT2D eigenvalue weighted by atomic mass is 32.2. The molecule has 1 amide bonds. The summed E-state index contributed by atoms with van der Waals surface area (Å²) in [6, 6.07) is 9.54. The number of morpholine rings is 1. The predicted octanol–water partition coefficient (Wildman–Crippen LogP) is 1.93. The van der Waals surface area contributed by atoms with Crippen molar-refractivity contribution in [3.8, 4) is 0 Å². The van der Waals surface area contributed by atoms with E-state index in [1.54, 1.807) is 6.07 Å². The predicted molar refractivity (Wildman–Crippen MR) is 100 cm³/mol. The third kappa shape index (κ3) is 5.07. The fourth-order valence-corrected chi connectivity index (χ4v) is 3.24. The fraction of sp³-hybridized carbons (Fsp3) is 0.353. The number of nitrogens with zero attached hydrogens (tertiary/aromatic N) is 3. The molecule has 1 fully saturated rings. The van der Waals surface area contributed by atoms with Gasteiger partial charge in [0.2, 0.25) is 5.91 Å². The molecule has 3 N–H and O–H groups in total. The highest BCUT2D eigenvalue weighted by Crippen LogP contribution is 2.20. The number of hydrogen-bond acceptors (Lipinski definition) is 7. The fourth-order valence-electron chi connectivity index (χ4n) is 2.53. The van der Waals surface area contributed by atoms with Crippen LogP contribution in [0, 0.1) is 6.92 Å². The van der Waals surface area contributed by atoms with Crippen molar-refractivity contribution >= 4 is 34.9 Å². The van der Waals surface area contributed by atoms with Crippen LogP contribution in [0.15, 0.2) is 35.5 Å². The van der Waals surface area contributed by atoms with Crippen LogP contribution in [0.25, 0.3) is 0 Å². The van der Waals surface area contributed by atoms with E-state index in [0.29, 0.717) is 11.0 Å². The molecule has 1 aliphatic heterocycles.